The van der Waals surface area contributed by atoms with Crippen LogP contribution in [0.25, 0.3) is 0 Å². The van der Waals surface area contributed by atoms with Crippen molar-refractivity contribution in [1.82, 2.24) is 5.32 Å². The van der Waals surface area contributed by atoms with Crippen molar-refractivity contribution in [2.24, 2.45) is 0 Å². The zero-order valence-corrected chi connectivity index (χ0v) is 14.3. The van der Waals surface area contributed by atoms with Crippen molar-refractivity contribution in [2.45, 2.75) is 39.7 Å². The van der Waals surface area contributed by atoms with Crippen LogP contribution in [0.4, 0.5) is 5.69 Å². The van der Waals surface area contributed by atoms with E-state index in [1.54, 1.807) is 0 Å². The molecule has 0 radical (unpaired) electrons. The van der Waals surface area contributed by atoms with Crippen molar-refractivity contribution in [1.29, 1.82) is 0 Å². The van der Waals surface area contributed by atoms with E-state index in [9.17, 15) is 9.59 Å². The van der Waals surface area contributed by atoms with Gasteiger partial charge in [-0.25, -0.2) is 0 Å². The zero-order chi connectivity index (χ0) is 17.4. The van der Waals surface area contributed by atoms with Crippen LogP contribution in [0, 0.1) is 6.92 Å². The van der Waals surface area contributed by atoms with Crippen LogP contribution in [0.1, 0.15) is 36.5 Å². The van der Waals surface area contributed by atoms with Crippen molar-refractivity contribution in [3.8, 4) is 0 Å². The smallest absolute Gasteiger partial charge is 0.224 e. The molecule has 4 nitrogen and oxygen atoms in total. The molecule has 2 rings (SSSR count). The molecule has 0 saturated carbocycles. The second kappa shape index (κ2) is 8.87. The maximum Gasteiger partial charge on any atom is 0.224 e. The number of amides is 2. The second-order valence-electron chi connectivity index (χ2n) is 5.94. The molecule has 0 aliphatic heterocycles. The van der Waals surface area contributed by atoms with Crippen LogP contribution in [-0.4, -0.2) is 11.8 Å². The molecule has 0 heterocycles. The van der Waals surface area contributed by atoms with Crippen LogP contribution < -0.4 is 10.6 Å². The van der Waals surface area contributed by atoms with Gasteiger partial charge in [0.15, 0.2) is 0 Å². The Bertz CT molecular complexity index is 710. The summed E-state index contributed by atoms with van der Waals surface area (Å²) in [5.74, 6) is -0.000783. The average Bonchev–Trinajstić information content (AvgIpc) is 2.53. The number of hydrogen-bond donors (Lipinski definition) is 2. The summed E-state index contributed by atoms with van der Waals surface area (Å²) in [5, 5.41) is 5.79. The van der Waals surface area contributed by atoms with Gasteiger partial charge in [-0.05, 0) is 36.6 Å². The number of anilines is 1. The lowest BCUT2D eigenvalue weighted by Gasteiger charge is -2.09. The Morgan fingerprint density at radius 2 is 1.71 bits per heavy atom. The van der Waals surface area contributed by atoms with Crippen molar-refractivity contribution in [3.63, 3.8) is 0 Å². The van der Waals surface area contributed by atoms with Gasteiger partial charge in [-0.1, -0.05) is 48.9 Å². The number of carbonyl (C=O) groups excluding carboxylic acids is 2. The maximum absolute atomic E-state index is 12.1. The largest absolute Gasteiger partial charge is 0.352 e. The van der Waals surface area contributed by atoms with E-state index in [0.29, 0.717) is 19.4 Å². The first-order chi connectivity index (χ1) is 11.6. The highest BCUT2D eigenvalue weighted by atomic mass is 16.2. The minimum Gasteiger partial charge on any atom is -0.352 e. The fourth-order valence-corrected chi connectivity index (χ4v) is 2.48. The first-order valence-corrected chi connectivity index (χ1v) is 8.28. The van der Waals surface area contributed by atoms with Gasteiger partial charge in [0.1, 0.15) is 0 Å². The van der Waals surface area contributed by atoms with Gasteiger partial charge in [-0.3, -0.25) is 9.59 Å². The molecule has 126 valence electrons. The molecule has 2 aromatic carbocycles. The van der Waals surface area contributed by atoms with Crippen molar-refractivity contribution >= 4 is 17.5 Å². The standard InChI is InChI=1S/C20H24N2O2/c1-3-6-19(23)22-18-10-5-9-17(12-18)14-21-20(24)13-16-8-4-7-15(2)11-16/h4-5,7-12H,3,6,13-14H2,1-2H3,(H,21,24)(H,22,23). The quantitative estimate of drug-likeness (QED) is 0.817. The number of benzene rings is 2. The number of carbonyl (C=O) groups is 2. The van der Waals surface area contributed by atoms with Crippen LogP contribution in [0.3, 0.4) is 0 Å². The molecular weight excluding hydrogens is 300 g/mol. The van der Waals surface area contributed by atoms with Gasteiger partial charge in [0.05, 0.1) is 6.42 Å². The van der Waals surface area contributed by atoms with E-state index in [1.165, 1.54) is 0 Å². The fourth-order valence-electron chi connectivity index (χ4n) is 2.48. The molecule has 24 heavy (non-hydrogen) atoms. The van der Waals surface area contributed by atoms with Crippen LogP contribution in [0.15, 0.2) is 48.5 Å². The molecule has 0 saturated heterocycles. The summed E-state index contributed by atoms with van der Waals surface area (Å²) < 4.78 is 0. The third kappa shape index (κ3) is 5.88. The maximum atomic E-state index is 12.1. The number of rotatable bonds is 7. The van der Waals surface area contributed by atoms with E-state index in [2.05, 4.69) is 10.6 Å². The van der Waals surface area contributed by atoms with E-state index < -0.39 is 0 Å². The molecule has 0 bridgehead atoms. The molecule has 0 unspecified atom stereocenters. The Labute approximate surface area is 143 Å². The summed E-state index contributed by atoms with van der Waals surface area (Å²) in [5.41, 5.74) is 3.88. The van der Waals surface area contributed by atoms with E-state index in [0.717, 1.165) is 28.8 Å². The zero-order valence-electron chi connectivity index (χ0n) is 14.3. The summed E-state index contributed by atoms with van der Waals surface area (Å²) >= 11 is 0. The predicted octanol–water partition coefficient (Wildman–Crippen LogP) is 3.59. The molecule has 0 aromatic heterocycles. The topological polar surface area (TPSA) is 58.2 Å². The Balaban J connectivity index is 1.87. The van der Waals surface area contributed by atoms with Gasteiger partial charge in [0, 0.05) is 18.7 Å². The summed E-state index contributed by atoms with van der Waals surface area (Å²) in [4.78, 5) is 23.7. The van der Waals surface area contributed by atoms with Gasteiger partial charge >= 0.3 is 0 Å². The van der Waals surface area contributed by atoms with Crippen LogP contribution in [0.5, 0.6) is 0 Å². The lowest BCUT2D eigenvalue weighted by molar-refractivity contribution is -0.120. The molecule has 2 amide bonds. The third-order valence-corrected chi connectivity index (χ3v) is 3.62. The highest BCUT2D eigenvalue weighted by molar-refractivity contribution is 5.90. The lowest BCUT2D eigenvalue weighted by atomic mass is 10.1. The highest BCUT2D eigenvalue weighted by Gasteiger charge is 2.05. The Morgan fingerprint density at radius 3 is 2.46 bits per heavy atom. The van der Waals surface area contributed by atoms with Gasteiger partial charge < -0.3 is 10.6 Å². The van der Waals surface area contributed by atoms with Gasteiger partial charge in [-0.15, -0.1) is 0 Å². The minimum absolute atomic E-state index is 0.0122. The molecule has 2 aromatic rings. The van der Waals surface area contributed by atoms with Crippen molar-refractivity contribution in [2.75, 3.05) is 5.32 Å². The van der Waals surface area contributed by atoms with Crippen molar-refractivity contribution in [3.05, 3.63) is 65.2 Å². The predicted molar refractivity (Wildman–Crippen MR) is 96.7 cm³/mol. The average molecular weight is 324 g/mol. The Kier molecular flexibility index (Phi) is 6.55. The summed E-state index contributed by atoms with van der Waals surface area (Å²) in [6.45, 7) is 4.43. The molecule has 2 N–H and O–H groups in total. The Morgan fingerprint density at radius 1 is 0.958 bits per heavy atom. The van der Waals surface area contributed by atoms with Gasteiger partial charge in [0.2, 0.25) is 11.8 Å². The summed E-state index contributed by atoms with van der Waals surface area (Å²) in [7, 11) is 0. The van der Waals surface area contributed by atoms with E-state index >= 15 is 0 Å². The number of hydrogen-bond acceptors (Lipinski definition) is 2. The van der Waals surface area contributed by atoms with Gasteiger partial charge in [0.25, 0.3) is 0 Å². The van der Waals surface area contributed by atoms with Crippen LogP contribution in [0.2, 0.25) is 0 Å². The normalized spacial score (nSPS) is 10.2. The fraction of sp³-hybridized carbons (Fsp3) is 0.300. The molecule has 0 aliphatic rings. The van der Waals surface area contributed by atoms with Crippen LogP contribution >= 0.6 is 0 Å². The summed E-state index contributed by atoms with van der Waals surface area (Å²) in [6, 6.07) is 15.5. The highest BCUT2D eigenvalue weighted by Crippen LogP contribution is 2.11. The summed E-state index contributed by atoms with van der Waals surface area (Å²) in [6.07, 6.45) is 1.70. The van der Waals surface area contributed by atoms with E-state index in [4.69, 9.17) is 0 Å². The second-order valence-corrected chi connectivity index (χ2v) is 5.94. The minimum atomic E-state index is -0.0129. The SMILES string of the molecule is CCCC(=O)Nc1cccc(CNC(=O)Cc2cccc(C)c2)c1. The first-order valence-electron chi connectivity index (χ1n) is 8.28. The molecular formula is C20H24N2O2. The van der Waals surface area contributed by atoms with E-state index in [1.807, 2.05) is 62.4 Å². The molecule has 4 heteroatoms. The monoisotopic (exact) mass is 324 g/mol. The molecule has 0 atom stereocenters. The molecule has 0 fully saturated rings. The van der Waals surface area contributed by atoms with Gasteiger partial charge in [-0.2, -0.15) is 0 Å². The lowest BCUT2D eigenvalue weighted by Crippen LogP contribution is -2.24. The molecule has 0 spiro atoms. The van der Waals surface area contributed by atoms with E-state index in [-0.39, 0.29) is 11.8 Å². The Hall–Kier alpha value is -2.62. The number of nitrogens with one attached hydrogen (secondary N) is 2. The third-order valence-electron chi connectivity index (χ3n) is 3.62. The first kappa shape index (κ1) is 17.7. The van der Waals surface area contributed by atoms with Crippen molar-refractivity contribution < 1.29 is 9.59 Å². The molecule has 0 aliphatic carbocycles. The number of aryl methyl sites for hydroxylation is 1. The van der Waals surface area contributed by atoms with Crippen LogP contribution in [-0.2, 0) is 22.6 Å².